The van der Waals surface area contributed by atoms with Crippen LogP contribution in [-0.4, -0.2) is 6.54 Å². The first kappa shape index (κ1) is 15.2. The highest BCUT2D eigenvalue weighted by molar-refractivity contribution is 9.10. The summed E-state index contributed by atoms with van der Waals surface area (Å²) in [4.78, 5) is 0. The molecule has 0 aliphatic heterocycles. The zero-order chi connectivity index (χ0) is 14.7. The molecule has 0 aliphatic carbocycles. The van der Waals surface area contributed by atoms with Crippen LogP contribution >= 0.6 is 15.9 Å². The van der Waals surface area contributed by atoms with Gasteiger partial charge in [-0.05, 0) is 66.9 Å². The van der Waals surface area contributed by atoms with Gasteiger partial charge in [0.2, 0.25) is 0 Å². The van der Waals surface area contributed by atoms with Crippen LogP contribution in [0.5, 0.6) is 0 Å². The molecule has 0 spiro atoms. The number of rotatable bonds is 4. The molecule has 2 rings (SSSR count). The average Bonchev–Trinajstić information content (AvgIpc) is 2.37. The molecule has 0 saturated carbocycles. The first-order valence-electron chi connectivity index (χ1n) is 6.78. The molecule has 0 radical (unpaired) electrons. The van der Waals surface area contributed by atoms with Crippen LogP contribution in [0, 0.1) is 19.7 Å². The quantitative estimate of drug-likeness (QED) is 0.837. The normalized spacial score (nSPS) is 12.4. The minimum absolute atomic E-state index is 0.0914. The van der Waals surface area contributed by atoms with Crippen LogP contribution in [0.4, 0.5) is 4.39 Å². The van der Waals surface area contributed by atoms with Crippen molar-refractivity contribution in [3.8, 4) is 0 Å². The maximum atomic E-state index is 13.5. The average molecular weight is 336 g/mol. The predicted molar refractivity (Wildman–Crippen MR) is 85.5 cm³/mol. The van der Waals surface area contributed by atoms with Gasteiger partial charge in [-0.15, -0.1) is 0 Å². The van der Waals surface area contributed by atoms with Crippen LogP contribution in [0.2, 0.25) is 0 Å². The number of aryl methyl sites for hydroxylation is 2. The van der Waals surface area contributed by atoms with Crippen molar-refractivity contribution < 1.29 is 4.39 Å². The van der Waals surface area contributed by atoms with Gasteiger partial charge in [0.15, 0.2) is 0 Å². The van der Waals surface area contributed by atoms with Crippen molar-refractivity contribution in [2.24, 2.45) is 0 Å². The molecule has 106 valence electrons. The lowest BCUT2D eigenvalue weighted by molar-refractivity contribution is 0.606. The van der Waals surface area contributed by atoms with Gasteiger partial charge >= 0.3 is 0 Å². The second-order valence-corrected chi connectivity index (χ2v) is 5.91. The van der Waals surface area contributed by atoms with E-state index in [-0.39, 0.29) is 11.9 Å². The second-order valence-electron chi connectivity index (χ2n) is 5.00. The Morgan fingerprint density at radius 1 is 1.10 bits per heavy atom. The molecule has 3 heteroatoms. The van der Waals surface area contributed by atoms with Crippen molar-refractivity contribution in [1.82, 2.24) is 5.32 Å². The summed E-state index contributed by atoms with van der Waals surface area (Å²) in [6.07, 6.45) is 0. The van der Waals surface area contributed by atoms with Crippen LogP contribution in [0.3, 0.4) is 0 Å². The largest absolute Gasteiger partial charge is 0.307 e. The number of benzene rings is 2. The second kappa shape index (κ2) is 6.51. The molecule has 0 bridgehead atoms. The molecule has 20 heavy (non-hydrogen) atoms. The van der Waals surface area contributed by atoms with E-state index in [0.29, 0.717) is 0 Å². The van der Waals surface area contributed by atoms with Crippen molar-refractivity contribution in [1.29, 1.82) is 0 Å². The monoisotopic (exact) mass is 335 g/mol. The first-order valence-corrected chi connectivity index (χ1v) is 7.57. The van der Waals surface area contributed by atoms with Crippen LogP contribution in [0.1, 0.15) is 35.2 Å². The smallest absolute Gasteiger partial charge is 0.123 e. The molecule has 1 unspecified atom stereocenters. The van der Waals surface area contributed by atoms with Crippen molar-refractivity contribution in [2.45, 2.75) is 26.8 Å². The maximum Gasteiger partial charge on any atom is 0.123 e. The first-order chi connectivity index (χ1) is 9.52. The molecular weight excluding hydrogens is 317 g/mol. The van der Waals surface area contributed by atoms with E-state index in [2.05, 4.69) is 40.3 Å². The lowest BCUT2D eigenvalue weighted by Crippen LogP contribution is -2.23. The topological polar surface area (TPSA) is 12.0 Å². The third-order valence-electron chi connectivity index (χ3n) is 3.46. The minimum atomic E-state index is -0.171. The van der Waals surface area contributed by atoms with Gasteiger partial charge in [-0.3, -0.25) is 0 Å². The van der Waals surface area contributed by atoms with Gasteiger partial charge in [0, 0.05) is 4.47 Å². The molecule has 2 aromatic rings. The Kier molecular flexibility index (Phi) is 4.95. The van der Waals surface area contributed by atoms with E-state index in [1.807, 2.05) is 26.0 Å². The highest BCUT2D eigenvalue weighted by Gasteiger charge is 2.18. The molecular formula is C17H19BrFN. The highest BCUT2D eigenvalue weighted by Crippen LogP contribution is 2.29. The summed E-state index contributed by atoms with van der Waals surface area (Å²) in [5.41, 5.74) is 4.32. The number of nitrogens with one attached hydrogen (secondary N) is 1. The molecule has 0 aromatic heterocycles. The van der Waals surface area contributed by atoms with Crippen LogP contribution < -0.4 is 5.32 Å². The molecule has 0 amide bonds. The minimum Gasteiger partial charge on any atom is -0.307 e. The summed E-state index contributed by atoms with van der Waals surface area (Å²) in [6, 6.07) is 11.6. The van der Waals surface area contributed by atoms with Gasteiger partial charge in [0.05, 0.1) is 6.04 Å². The molecule has 0 heterocycles. The molecule has 0 fully saturated rings. The summed E-state index contributed by atoms with van der Waals surface area (Å²) in [5, 5.41) is 3.50. The Morgan fingerprint density at radius 2 is 1.65 bits per heavy atom. The number of halogens is 2. The van der Waals surface area contributed by atoms with Crippen molar-refractivity contribution in [2.75, 3.05) is 6.54 Å². The lowest BCUT2D eigenvalue weighted by Gasteiger charge is -2.23. The van der Waals surface area contributed by atoms with Gasteiger partial charge in [0.25, 0.3) is 0 Å². The molecule has 0 saturated heterocycles. The van der Waals surface area contributed by atoms with Crippen LogP contribution in [0.15, 0.2) is 40.9 Å². The standard InChI is InChI=1S/C17H19BrFN/c1-4-20-17(13-5-7-14(18)8-6-13)16-11(2)9-15(19)10-12(16)3/h5-10,17,20H,4H2,1-3H3. The van der Waals surface area contributed by atoms with Gasteiger partial charge in [-0.25, -0.2) is 4.39 Å². The Morgan fingerprint density at radius 3 is 2.15 bits per heavy atom. The Hall–Kier alpha value is -1.19. The Labute approximate surface area is 128 Å². The third-order valence-corrected chi connectivity index (χ3v) is 3.99. The van der Waals surface area contributed by atoms with E-state index in [9.17, 15) is 4.39 Å². The number of hydrogen-bond acceptors (Lipinski definition) is 1. The van der Waals surface area contributed by atoms with E-state index in [1.165, 1.54) is 5.56 Å². The van der Waals surface area contributed by atoms with Crippen LogP contribution in [0.25, 0.3) is 0 Å². The summed E-state index contributed by atoms with van der Waals surface area (Å²) in [7, 11) is 0. The fourth-order valence-electron chi connectivity index (χ4n) is 2.62. The van der Waals surface area contributed by atoms with Gasteiger partial charge < -0.3 is 5.32 Å². The summed E-state index contributed by atoms with van der Waals surface area (Å²) in [5.74, 6) is -0.171. The fraction of sp³-hybridized carbons (Fsp3) is 0.294. The SMILES string of the molecule is CCNC(c1ccc(Br)cc1)c1c(C)cc(F)cc1C. The summed E-state index contributed by atoms with van der Waals surface area (Å²) < 4.78 is 14.5. The molecule has 1 nitrogen and oxygen atoms in total. The predicted octanol–water partition coefficient (Wildman–Crippen LogP) is 4.90. The zero-order valence-electron chi connectivity index (χ0n) is 12.0. The van der Waals surface area contributed by atoms with Gasteiger partial charge in [-0.2, -0.15) is 0 Å². The van der Waals surface area contributed by atoms with Gasteiger partial charge in [-0.1, -0.05) is 35.0 Å². The van der Waals surface area contributed by atoms with E-state index < -0.39 is 0 Å². The van der Waals surface area contributed by atoms with Crippen molar-refractivity contribution in [3.63, 3.8) is 0 Å². The van der Waals surface area contributed by atoms with E-state index in [1.54, 1.807) is 12.1 Å². The van der Waals surface area contributed by atoms with E-state index in [0.717, 1.165) is 27.7 Å². The summed E-state index contributed by atoms with van der Waals surface area (Å²) >= 11 is 3.46. The third kappa shape index (κ3) is 3.28. The van der Waals surface area contributed by atoms with Crippen LogP contribution in [-0.2, 0) is 0 Å². The molecule has 2 aromatic carbocycles. The lowest BCUT2D eigenvalue weighted by atomic mass is 9.91. The molecule has 1 atom stereocenters. The Balaban J connectivity index is 2.51. The summed E-state index contributed by atoms with van der Waals surface area (Å²) in [6.45, 7) is 6.88. The molecule has 0 aliphatic rings. The zero-order valence-corrected chi connectivity index (χ0v) is 13.6. The van der Waals surface area contributed by atoms with E-state index in [4.69, 9.17) is 0 Å². The highest BCUT2D eigenvalue weighted by atomic mass is 79.9. The van der Waals surface area contributed by atoms with Crippen molar-refractivity contribution >= 4 is 15.9 Å². The Bertz CT molecular complexity index is 569. The van der Waals surface area contributed by atoms with E-state index >= 15 is 0 Å². The maximum absolute atomic E-state index is 13.5. The molecule has 1 N–H and O–H groups in total. The fourth-order valence-corrected chi connectivity index (χ4v) is 2.89. The van der Waals surface area contributed by atoms with Crippen molar-refractivity contribution in [3.05, 3.63) is 68.9 Å². The van der Waals surface area contributed by atoms with Gasteiger partial charge in [0.1, 0.15) is 5.82 Å². The number of hydrogen-bond donors (Lipinski definition) is 1.